The third-order valence-corrected chi connectivity index (χ3v) is 1.15. The summed E-state index contributed by atoms with van der Waals surface area (Å²) in [6, 6.07) is 0. The monoisotopic (exact) mass is 290 g/mol. The average Bonchev–Trinajstić information content (AvgIpc) is 1.30. The second kappa shape index (κ2) is 3.25. The van der Waals surface area contributed by atoms with E-state index in [4.69, 9.17) is 0 Å². The van der Waals surface area contributed by atoms with Gasteiger partial charge in [0.05, 0.1) is 3.23 Å². The van der Waals surface area contributed by atoms with Gasteiger partial charge in [-0.1, -0.05) is 53.9 Å². The topological polar surface area (TPSA) is 0 Å². The number of allylic oxidation sites excluding steroid dienone is 1. The maximum absolute atomic E-state index is 3.34. The molecule has 0 rings (SSSR count). The summed E-state index contributed by atoms with van der Waals surface area (Å²) in [5, 5.41) is 0. The van der Waals surface area contributed by atoms with Crippen molar-refractivity contribution in [3.05, 3.63) is 11.1 Å². The SMILES string of the molecule is CC(Br)(Br)C=CBr. The van der Waals surface area contributed by atoms with Crippen LogP contribution in [-0.2, 0) is 0 Å². The first-order valence-corrected chi connectivity index (χ1v) is 4.22. The van der Waals surface area contributed by atoms with E-state index < -0.39 is 0 Å². The maximum atomic E-state index is 3.34. The lowest BCUT2D eigenvalue weighted by Crippen LogP contribution is -1.95. The van der Waals surface area contributed by atoms with Crippen LogP contribution in [0.25, 0.3) is 0 Å². The van der Waals surface area contributed by atoms with Crippen LogP contribution in [0.3, 0.4) is 0 Å². The molecule has 0 aliphatic heterocycles. The summed E-state index contributed by atoms with van der Waals surface area (Å²) in [4.78, 5) is 1.80. The van der Waals surface area contributed by atoms with Crippen molar-refractivity contribution in [2.45, 2.75) is 10.2 Å². The molecule has 7 heavy (non-hydrogen) atoms. The Kier molecular flexibility index (Phi) is 3.80. The van der Waals surface area contributed by atoms with Gasteiger partial charge in [0.2, 0.25) is 0 Å². The molecule has 0 amide bonds. The van der Waals surface area contributed by atoms with E-state index >= 15 is 0 Å². The molecule has 0 fully saturated rings. The molecule has 0 radical (unpaired) electrons. The third kappa shape index (κ3) is 7.18. The van der Waals surface area contributed by atoms with Gasteiger partial charge in [0.1, 0.15) is 0 Å². The maximum Gasteiger partial charge on any atom is 0.0964 e. The number of hydrogen-bond donors (Lipinski definition) is 0. The van der Waals surface area contributed by atoms with Gasteiger partial charge in [0.25, 0.3) is 0 Å². The number of alkyl halides is 2. The molecule has 0 heterocycles. The Hall–Kier alpha value is 1.18. The molecule has 0 aromatic carbocycles. The fourth-order valence-corrected chi connectivity index (χ4v) is 1.61. The average molecular weight is 293 g/mol. The lowest BCUT2D eigenvalue weighted by molar-refractivity contribution is 1.21. The van der Waals surface area contributed by atoms with E-state index in [0.717, 1.165) is 0 Å². The summed E-state index contributed by atoms with van der Waals surface area (Å²) in [5.41, 5.74) is 0. The Morgan fingerprint density at radius 3 is 1.86 bits per heavy atom. The zero-order chi connectivity index (χ0) is 5.91. The Balaban J connectivity index is 3.56. The molecule has 42 valence electrons. The van der Waals surface area contributed by atoms with Crippen LogP contribution in [0.4, 0.5) is 0 Å². The quantitative estimate of drug-likeness (QED) is 0.650. The molecule has 3 heteroatoms. The smallest absolute Gasteiger partial charge is 0.0684 e. The fraction of sp³-hybridized carbons (Fsp3) is 0.500. The van der Waals surface area contributed by atoms with Gasteiger partial charge in [-0.3, -0.25) is 0 Å². The molecule has 0 bridgehead atoms. The minimum absolute atomic E-state index is 0.0521. The molecular formula is C4H5Br3. The molecule has 0 N–H and O–H groups in total. The van der Waals surface area contributed by atoms with Crippen molar-refractivity contribution in [1.29, 1.82) is 0 Å². The van der Waals surface area contributed by atoms with E-state index in [1.807, 2.05) is 13.0 Å². The van der Waals surface area contributed by atoms with Crippen LogP contribution in [0, 0.1) is 0 Å². The fourth-order valence-electron chi connectivity index (χ4n) is 0.111. The Bertz CT molecular complexity index is 69.5. The first-order valence-electron chi connectivity index (χ1n) is 1.72. The first-order chi connectivity index (χ1) is 3.06. The van der Waals surface area contributed by atoms with Crippen LogP contribution in [-0.4, -0.2) is 3.23 Å². The number of hydrogen-bond acceptors (Lipinski definition) is 0. The van der Waals surface area contributed by atoms with Crippen molar-refractivity contribution in [2.24, 2.45) is 0 Å². The van der Waals surface area contributed by atoms with Gasteiger partial charge >= 0.3 is 0 Å². The molecule has 0 spiro atoms. The van der Waals surface area contributed by atoms with Crippen molar-refractivity contribution >= 4 is 47.8 Å². The van der Waals surface area contributed by atoms with Crippen molar-refractivity contribution in [2.75, 3.05) is 0 Å². The highest BCUT2D eigenvalue weighted by atomic mass is 79.9. The zero-order valence-corrected chi connectivity index (χ0v) is 8.55. The predicted molar refractivity (Wildman–Crippen MR) is 44.3 cm³/mol. The van der Waals surface area contributed by atoms with Crippen molar-refractivity contribution in [1.82, 2.24) is 0 Å². The Labute approximate surface area is 68.7 Å². The van der Waals surface area contributed by atoms with Crippen molar-refractivity contribution < 1.29 is 0 Å². The summed E-state index contributed by atoms with van der Waals surface area (Å²) in [7, 11) is 0. The van der Waals surface area contributed by atoms with Crippen LogP contribution in [0.15, 0.2) is 11.1 Å². The van der Waals surface area contributed by atoms with Gasteiger partial charge in [-0.25, -0.2) is 0 Å². The van der Waals surface area contributed by atoms with Crippen LogP contribution in [0.2, 0.25) is 0 Å². The highest BCUT2D eigenvalue weighted by Crippen LogP contribution is 2.26. The minimum Gasteiger partial charge on any atom is -0.0684 e. The Morgan fingerprint density at radius 1 is 1.43 bits per heavy atom. The lowest BCUT2D eigenvalue weighted by atomic mass is 10.5. The normalized spacial score (nSPS) is 13.1. The van der Waals surface area contributed by atoms with Crippen LogP contribution >= 0.6 is 47.8 Å². The second-order valence-electron chi connectivity index (χ2n) is 1.25. The summed E-state index contributed by atoms with van der Waals surface area (Å²) < 4.78 is -0.0521. The number of rotatable bonds is 1. The molecule has 0 aromatic heterocycles. The molecule has 0 unspecified atom stereocenters. The van der Waals surface area contributed by atoms with Crippen LogP contribution in [0.5, 0.6) is 0 Å². The van der Waals surface area contributed by atoms with Gasteiger partial charge in [-0.15, -0.1) is 0 Å². The van der Waals surface area contributed by atoms with Crippen molar-refractivity contribution in [3.8, 4) is 0 Å². The molecule has 0 aromatic rings. The highest BCUT2D eigenvalue weighted by molar-refractivity contribution is 9.25. The van der Waals surface area contributed by atoms with E-state index in [2.05, 4.69) is 47.8 Å². The van der Waals surface area contributed by atoms with E-state index in [-0.39, 0.29) is 3.23 Å². The second-order valence-corrected chi connectivity index (χ2v) is 6.14. The van der Waals surface area contributed by atoms with Gasteiger partial charge < -0.3 is 0 Å². The van der Waals surface area contributed by atoms with Crippen molar-refractivity contribution in [3.63, 3.8) is 0 Å². The van der Waals surface area contributed by atoms with Crippen LogP contribution in [0.1, 0.15) is 6.92 Å². The van der Waals surface area contributed by atoms with Gasteiger partial charge in [0, 0.05) is 0 Å². The zero-order valence-electron chi connectivity index (χ0n) is 3.79. The molecule has 0 saturated carbocycles. The summed E-state index contributed by atoms with van der Waals surface area (Å²) >= 11 is 9.82. The first kappa shape index (κ1) is 8.18. The molecule has 0 aliphatic rings. The standard InChI is InChI=1S/C4H5Br3/c1-4(6,7)2-3-5/h2-3H,1H3. The summed E-state index contributed by atoms with van der Waals surface area (Å²) in [6.45, 7) is 1.99. The van der Waals surface area contributed by atoms with Gasteiger partial charge in [-0.05, 0) is 11.9 Å². The van der Waals surface area contributed by atoms with E-state index in [1.54, 1.807) is 4.99 Å². The third-order valence-electron chi connectivity index (χ3n) is 0.356. The number of halogens is 3. The minimum atomic E-state index is -0.0521. The highest BCUT2D eigenvalue weighted by Gasteiger charge is 2.07. The summed E-state index contributed by atoms with van der Waals surface area (Å²) in [6.07, 6.45) is 1.94. The Morgan fingerprint density at radius 2 is 1.86 bits per heavy atom. The van der Waals surface area contributed by atoms with Gasteiger partial charge in [0.15, 0.2) is 0 Å². The molecule has 0 nitrogen and oxygen atoms in total. The molecule has 0 atom stereocenters. The van der Waals surface area contributed by atoms with E-state index in [0.29, 0.717) is 0 Å². The van der Waals surface area contributed by atoms with E-state index in [1.165, 1.54) is 0 Å². The summed E-state index contributed by atoms with van der Waals surface area (Å²) in [5.74, 6) is 0. The van der Waals surface area contributed by atoms with E-state index in [9.17, 15) is 0 Å². The molecule has 0 aliphatic carbocycles. The van der Waals surface area contributed by atoms with Gasteiger partial charge in [-0.2, -0.15) is 0 Å². The predicted octanol–water partition coefficient (Wildman–Crippen LogP) is 3.40. The lowest BCUT2D eigenvalue weighted by Gasteiger charge is -2.03. The van der Waals surface area contributed by atoms with Crippen LogP contribution < -0.4 is 0 Å². The molecular weight excluding hydrogens is 288 g/mol. The largest absolute Gasteiger partial charge is 0.0964 e. The molecule has 0 saturated heterocycles.